The molecule has 9 heteroatoms. The van der Waals surface area contributed by atoms with Crippen molar-refractivity contribution in [2.24, 2.45) is 0 Å². The quantitative estimate of drug-likeness (QED) is 0.697. The van der Waals surface area contributed by atoms with Crippen LogP contribution in [0.15, 0.2) is 18.9 Å². The fourth-order valence-electron chi connectivity index (χ4n) is 2.05. The molecule has 1 aliphatic rings. The minimum absolute atomic E-state index is 0.173. The first-order chi connectivity index (χ1) is 10.1. The van der Waals surface area contributed by atoms with Gasteiger partial charge in [-0.1, -0.05) is 0 Å². The normalized spacial score (nSPS) is 21.4. The molecule has 0 spiro atoms. The molecule has 0 saturated carbocycles. The SMILES string of the molecule is CC(=O)OC1COC(C(=O)On2cnc3cncnc32)C1. The molecule has 2 aromatic heterocycles. The van der Waals surface area contributed by atoms with Crippen LogP contribution >= 0.6 is 0 Å². The van der Waals surface area contributed by atoms with Crippen molar-refractivity contribution in [2.45, 2.75) is 25.6 Å². The number of hydrogen-bond donors (Lipinski definition) is 0. The van der Waals surface area contributed by atoms with Crippen LogP contribution in [-0.4, -0.2) is 50.4 Å². The van der Waals surface area contributed by atoms with E-state index in [1.54, 1.807) is 0 Å². The molecule has 1 fully saturated rings. The number of nitrogens with zero attached hydrogens (tertiary/aromatic N) is 4. The van der Waals surface area contributed by atoms with Crippen LogP contribution in [-0.2, 0) is 19.1 Å². The van der Waals surface area contributed by atoms with E-state index in [1.807, 2.05) is 0 Å². The molecule has 0 aromatic carbocycles. The van der Waals surface area contributed by atoms with Crippen molar-refractivity contribution < 1.29 is 23.9 Å². The number of imidazole rings is 1. The van der Waals surface area contributed by atoms with Gasteiger partial charge in [0.2, 0.25) is 0 Å². The summed E-state index contributed by atoms with van der Waals surface area (Å²) in [5.74, 6) is -1.00. The summed E-state index contributed by atoms with van der Waals surface area (Å²) in [5.41, 5.74) is 0.892. The highest BCUT2D eigenvalue weighted by Gasteiger charge is 2.34. The van der Waals surface area contributed by atoms with Gasteiger partial charge in [-0.25, -0.2) is 19.7 Å². The Morgan fingerprint density at radius 1 is 1.43 bits per heavy atom. The van der Waals surface area contributed by atoms with Crippen molar-refractivity contribution in [1.29, 1.82) is 0 Å². The van der Waals surface area contributed by atoms with E-state index < -0.39 is 24.1 Å². The second-order valence-electron chi connectivity index (χ2n) is 4.50. The third-order valence-corrected chi connectivity index (χ3v) is 2.93. The number of carbonyl (C=O) groups is 2. The van der Waals surface area contributed by atoms with Gasteiger partial charge in [-0.15, -0.1) is 4.73 Å². The van der Waals surface area contributed by atoms with E-state index in [4.69, 9.17) is 14.3 Å². The van der Waals surface area contributed by atoms with E-state index in [0.717, 1.165) is 4.73 Å². The Morgan fingerprint density at radius 2 is 2.29 bits per heavy atom. The summed E-state index contributed by atoms with van der Waals surface area (Å²) in [7, 11) is 0. The van der Waals surface area contributed by atoms with E-state index >= 15 is 0 Å². The minimum Gasteiger partial charge on any atom is -0.460 e. The Morgan fingerprint density at radius 3 is 3.10 bits per heavy atom. The van der Waals surface area contributed by atoms with Gasteiger partial charge >= 0.3 is 11.9 Å². The second-order valence-corrected chi connectivity index (χ2v) is 4.50. The molecule has 0 amide bonds. The maximum absolute atomic E-state index is 12.0. The molecule has 110 valence electrons. The molecule has 2 aromatic rings. The van der Waals surface area contributed by atoms with Crippen molar-refractivity contribution in [3.63, 3.8) is 0 Å². The molecule has 1 aliphatic heterocycles. The predicted molar refractivity (Wildman–Crippen MR) is 66.8 cm³/mol. The topological polar surface area (TPSA) is 105 Å². The molecule has 9 nitrogen and oxygen atoms in total. The zero-order valence-electron chi connectivity index (χ0n) is 11.1. The zero-order chi connectivity index (χ0) is 14.8. The summed E-state index contributed by atoms with van der Waals surface area (Å²) in [5, 5.41) is 0. The summed E-state index contributed by atoms with van der Waals surface area (Å²) < 4.78 is 11.4. The van der Waals surface area contributed by atoms with E-state index in [1.165, 1.54) is 25.8 Å². The van der Waals surface area contributed by atoms with Crippen LogP contribution in [0.3, 0.4) is 0 Å². The number of fused-ring (bicyclic) bond motifs is 1. The van der Waals surface area contributed by atoms with E-state index in [-0.39, 0.29) is 13.0 Å². The smallest absolute Gasteiger partial charge is 0.361 e. The van der Waals surface area contributed by atoms with Gasteiger partial charge in [0.05, 0.1) is 12.8 Å². The summed E-state index contributed by atoms with van der Waals surface area (Å²) in [6.45, 7) is 1.48. The first-order valence-corrected chi connectivity index (χ1v) is 6.27. The molecule has 21 heavy (non-hydrogen) atoms. The van der Waals surface area contributed by atoms with Crippen LogP contribution in [0.25, 0.3) is 11.2 Å². The van der Waals surface area contributed by atoms with E-state index in [9.17, 15) is 9.59 Å². The van der Waals surface area contributed by atoms with Crippen molar-refractivity contribution >= 4 is 23.1 Å². The molecule has 0 N–H and O–H groups in total. The Kier molecular flexibility index (Phi) is 3.48. The average Bonchev–Trinajstić information content (AvgIpc) is 3.06. The van der Waals surface area contributed by atoms with Crippen molar-refractivity contribution in [1.82, 2.24) is 19.7 Å². The fourth-order valence-corrected chi connectivity index (χ4v) is 2.05. The standard InChI is InChI=1S/C12H12N4O5/c1-7(17)20-8-2-10(19-4-8)12(18)21-16-6-15-9-3-13-5-14-11(9)16/h3,5-6,8,10H,2,4H2,1H3. The molecule has 2 unspecified atom stereocenters. The van der Waals surface area contributed by atoms with Crippen LogP contribution in [0.4, 0.5) is 0 Å². The van der Waals surface area contributed by atoms with E-state index in [0.29, 0.717) is 11.2 Å². The highest BCUT2D eigenvalue weighted by Crippen LogP contribution is 2.17. The maximum atomic E-state index is 12.0. The van der Waals surface area contributed by atoms with Crippen LogP contribution < -0.4 is 4.84 Å². The van der Waals surface area contributed by atoms with E-state index in [2.05, 4.69) is 15.0 Å². The van der Waals surface area contributed by atoms with Gasteiger partial charge < -0.3 is 14.3 Å². The molecular weight excluding hydrogens is 280 g/mol. The third kappa shape index (κ3) is 2.82. The van der Waals surface area contributed by atoms with Crippen molar-refractivity contribution in [2.75, 3.05) is 6.61 Å². The molecule has 0 radical (unpaired) electrons. The molecule has 3 heterocycles. The van der Waals surface area contributed by atoms with Gasteiger partial charge in [0, 0.05) is 13.3 Å². The largest absolute Gasteiger partial charge is 0.460 e. The van der Waals surface area contributed by atoms with Gasteiger partial charge in [-0.05, 0) is 0 Å². The summed E-state index contributed by atoms with van der Waals surface area (Å²) in [6, 6.07) is 0. The Labute approximate surface area is 118 Å². The van der Waals surface area contributed by atoms with Gasteiger partial charge in [0.15, 0.2) is 11.8 Å². The van der Waals surface area contributed by atoms with Gasteiger partial charge in [0.25, 0.3) is 0 Å². The lowest BCUT2D eigenvalue weighted by atomic mass is 10.2. The molecule has 1 saturated heterocycles. The predicted octanol–water partition coefficient (Wildman–Crippen LogP) is -0.498. The minimum atomic E-state index is -0.784. The Balaban J connectivity index is 1.66. The lowest BCUT2D eigenvalue weighted by Crippen LogP contribution is -2.31. The summed E-state index contributed by atoms with van der Waals surface area (Å²) in [6.07, 6.45) is 3.22. The number of esters is 1. The van der Waals surface area contributed by atoms with Crippen LogP contribution in [0.2, 0.25) is 0 Å². The van der Waals surface area contributed by atoms with Crippen LogP contribution in [0.1, 0.15) is 13.3 Å². The van der Waals surface area contributed by atoms with Gasteiger partial charge in [-0.3, -0.25) is 4.79 Å². The zero-order valence-corrected chi connectivity index (χ0v) is 11.1. The number of rotatable bonds is 3. The molecular formula is C12H12N4O5. The molecule has 3 rings (SSSR count). The third-order valence-electron chi connectivity index (χ3n) is 2.93. The average molecular weight is 292 g/mol. The first-order valence-electron chi connectivity index (χ1n) is 6.27. The Bertz CT molecular complexity index is 685. The van der Waals surface area contributed by atoms with Crippen LogP contribution in [0.5, 0.6) is 0 Å². The lowest BCUT2D eigenvalue weighted by Gasteiger charge is -2.09. The lowest BCUT2D eigenvalue weighted by molar-refractivity contribution is -0.154. The highest BCUT2D eigenvalue weighted by atomic mass is 16.7. The summed E-state index contributed by atoms with van der Waals surface area (Å²) in [4.78, 5) is 39.8. The molecule has 0 bridgehead atoms. The first kappa shape index (κ1) is 13.4. The monoisotopic (exact) mass is 292 g/mol. The molecule has 2 atom stereocenters. The van der Waals surface area contributed by atoms with Crippen molar-refractivity contribution in [3.05, 3.63) is 18.9 Å². The number of aromatic nitrogens is 4. The van der Waals surface area contributed by atoms with Crippen LogP contribution in [0, 0.1) is 0 Å². The number of ether oxygens (including phenoxy) is 2. The van der Waals surface area contributed by atoms with Crippen molar-refractivity contribution in [3.8, 4) is 0 Å². The van der Waals surface area contributed by atoms with Gasteiger partial charge in [0.1, 0.15) is 24.3 Å². The number of carbonyl (C=O) groups excluding carboxylic acids is 2. The van der Waals surface area contributed by atoms with Gasteiger partial charge in [-0.2, -0.15) is 0 Å². The fraction of sp³-hybridized carbons (Fsp3) is 0.417. The second kappa shape index (κ2) is 5.44. The highest BCUT2D eigenvalue weighted by molar-refractivity contribution is 5.77. The maximum Gasteiger partial charge on any atom is 0.361 e. The molecule has 0 aliphatic carbocycles. The summed E-state index contributed by atoms with van der Waals surface area (Å²) >= 11 is 0. The Hall–Kier alpha value is -2.55. The number of hydrogen-bond acceptors (Lipinski definition) is 8.